The maximum atomic E-state index is 6.08. The first kappa shape index (κ1) is 13.6. The lowest BCUT2D eigenvalue weighted by atomic mass is 10.0. The van der Waals surface area contributed by atoms with Gasteiger partial charge >= 0.3 is 0 Å². The van der Waals surface area contributed by atoms with Crippen LogP contribution < -0.4 is 10.5 Å². The number of hydrogen-bond donors (Lipinski definition) is 1. The molecule has 0 aliphatic heterocycles. The molecule has 3 rings (SSSR count). The van der Waals surface area contributed by atoms with E-state index in [1.807, 2.05) is 44.4 Å². The van der Waals surface area contributed by atoms with E-state index in [9.17, 15) is 0 Å². The van der Waals surface area contributed by atoms with Crippen molar-refractivity contribution in [1.82, 2.24) is 9.78 Å². The molecule has 0 amide bonds. The standard InChI is InChI=1S/C17H19N3O/c1-12(18)15-8-7-13-5-3-4-6-16(13)17(15)21-11-14-9-10-20(2)19-14/h3-10,12H,11,18H2,1-2H3. The van der Waals surface area contributed by atoms with Crippen LogP contribution in [0, 0.1) is 0 Å². The molecule has 0 spiro atoms. The van der Waals surface area contributed by atoms with Gasteiger partial charge in [0, 0.05) is 30.2 Å². The molecule has 0 aliphatic rings. The Hall–Kier alpha value is -2.33. The molecular formula is C17H19N3O. The average molecular weight is 281 g/mol. The average Bonchev–Trinajstić information content (AvgIpc) is 2.90. The highest BCUT2D eigenvalue weighted by molar-refractivity contribution is 5.89. The summed E-state index contributed by atoms with van der Waals surface area (Å²) < 4.78 is 7.83. The van der Waals surface area contributed by atoms with Crippen LogP contribution in [0.1, 0.15) is 24.2 Å². The van der Waals surface area contributed by atoms with Crippen LogP contribution >= 0.6 is 0 Å². The largest absolute Gasteiger partial charge is 0.486 e. The molecule has 1 heterocycles. The van der Waals surface area contributed by atoms with Crippen molar-refractivity contribution in [3.8, 4) is 5.75 Å². The predicted octanol–water partition coefficient (Wildman–Crippen LogP) is 3.17. The summed E-state index contributed by atoms with van der Waals surface area (Å²) in [5.74, 6) is 0.855. The highest BCUT2D eigenvalue weighted by Crippen LogP contribution is 2.33. The van der Waals surface area contributed by atoms with Crippen LogP contribution in [-0.2, 0) is 13.7 Å². The van der Waals surface area contributed by atoms with Gasteiger partial charge in [-0.1, -0.05) is 36.4 Å². The van der Waals surface area contributed by atoms with Crippen molar-refractivity contribution in [2.75, 3.05) is 0 Å². The Morgan fingerprint density at radius 3 is 2.71 bits per heavy atom. The van der Waals surface area contributed by atoms with Crippen molar-refractivity contribution in [3.05, 3.63) is 59.9 Å². The molecule has 0 fully saturated rings. The second-order valence-electron chi connectivity index (χ2n) is 5.26. The number of benzene rings is 2. The molecule has 0 saturated carbocycles. The zero-order chi connectivity index (χ0) is 14.8. The summed E-state index contributed by atoms with van der Waals surface area (Å²) in [6, 6.07) is 14.2. The summed E-state index contributed by atoms with van der Waals surface area (Å²) in [7, 11) is 1.90. The first-order valence-corrected chi connectivity index (χ1v) is 7.03. The Morgan fingerprint density at radius 2 is 2.00 bits per heavy atom. The van der Waals surface area contributed by atoms with Crippen LogP contribution in [0.3, 0.4) is 0 Å². The van der Waals surface area contributed by atoms with Crippen molar-refractivity contribution in [2.45, 2.75) is 19.6 Å². The van der Waals surface area contributed by atoms with Gasteiger partial charge in [0.05, 0.1) is 5.69 Å². The molecule has 2 N–H and O–H groups in total. The monoisotopic (exact) mass is 281 g/mol. The Morgan fingerprint density at radius 1 is 1.19 bits per heavy atom. The van der Waals surface area contributed by atoms with Crippen LogP contribution in [0.2, 0.25) is 0 Å². The van der Waals surface area contributed by atoms with E-state index in [0.29, 0.717) is 6.61 Å². The zero-order valence-electron chi connectivity index (χ0n) is 12.3. The van der Waals surface area contributed by atoms with Crippen LogP contribution in [-0.4, -0.2) is 9.78 Å². The van der Waals surface area contributed by atoms with Crippen molar-refractivity contribution in [2.24, 2.45) is 12.8 Å². The van der Waals surface area contributed by atoms with Gasteiger partial charge in [0.15, 0.2) is 0 Å². The fourth-order valence-corrected chi connectivity index (χ4v) is 2.47. The first-order chi connectivity index (χ1) is 10.1. The molecule has 0 radical (unpaired) electrons. The third kappa shape index (κ3) is 2.76. The van der Waals surface area contributed by atoms with Gasteiger partial charge < -0.3 is 10.5 Å². The van der Waals surface area contributed by atoms with Crippen LogP contribution in [0.4, 0.5) is 0 Å². The van der Waals surface area contributed by atoms with Gasteiger partial charge in [0.2, 0.25) is 0 Å². The summed E-state index contributed by atoms with van der Waals surface area (Å²) in [5.41, 5.74) is 8.00. The summed E-state index contributed by atoms with van der Waals surface area (Å²) in [5, 5.41) is 6.58. The highest BCUT2D eigenvalue weighted by Gasteiger charge is 2.12. The van der Waals surface area contributed by atoms with E-state index >= 15 is 0 Å². The number of hydrogen-bond acceptors (Lipinski definition) is 3. The molecule has 0 saturated heterocycles. The lowest BCUT2D eigenvalue weighted by Crippen LogP contribution is -2.08. The van der Waals surface area contributed by atoms with E-state index in [0.717, 1.165) is 27.8 Å². The number of rotatable bonds is 4. The topological polar surface area (TPSA) is 53.1 Å². The molecule has 1 aromatic heterocycles. The van der Waals surface area contributed by atoms with E-state index in [1.54, 1.807) is 4.68 Å². The van der Waals surface area contributed by atoms with Gasteiger partial charge in [-0.05, 0) is 18.4 Å². The predicted molar refractivity (Wildman–Crippen MR) is 84.1 cm³/mol. The molecule has 4 nitrogen and oxygen atoms in total. The molecule has 3 aromatic rings. The number of nitrogens with two attached hydrogens (primary N) is 1. The maximum Gasteiger partial charge on any atom is 0.132 e. The van der Waals surface area contributed by atoms with Gasteiger partial charge in [0.25, 0.3) is 0 Å². The number of aryl methyl sites for hydroxylation is 1. The molecule has 21 heavy (non-hydrogen) atoms. The normalized spacial score (nSPS) is 12.5. The number of fused-ring (bicyclic) bond motifs is 1. The molecule has 0 bridgehead atoms. The number of aromatic nitrogens is 2. The summed E-state index contributed by atoms with van der Waals surface area (Å²) in [6.45, 7) is 2.41. The summed E-state index contributed by atoms with van der Waals surface area (Å²) in [4.78, 5) is 0. The maximum absolute atomic E-state index is 6.08. The van der Waals surface area contributed by atoms with Gasteiger partial charge in [-0.25, -0.2) is 0 Å². The molecular weight excluding hydrogens is 262 g/mol. The minimum atomic E-state index is -0.0756. The first-order valence-electron chi connectivity index (χ1n) is 7.03. The SMILES string of the molecule is CC(N)c1ccc2ccccc2c1OCc1ccn(C)n1. The van der Waals surface area contributed by atoms with E-state index in [-0.39, 0.29) is 6.04 Å². The van der Waals surface area contributed by atoms with Gasteiger partial charge in [-0.2, -0.15) is 5.10 Å². The minimum absolute atomic E-state index is 0.0756. The lowest BCUT2D eigenvalue weighted by molar-refractivity contribution is 0.299. The zero-order valence-corrected chi connectivity index (χ0v) is 12.3. The fourth-order valence-electron chi connectivity index (χ4n) is 2.47. The number of nitrogens with zero attached hydrogens (tertiary/aromatic N) is 2. The Bertz CT molecular complexity index is 762. The third-order valence-electron chi connectivity index (χ3n) is 3.53. The minimum Gasteiger partial charge on any atom is -0.486 e. The second kappa shape index (κ2) is 5.58. The molecule has 108 valence electrons. The number of ether oxygens (including phenoxy) is 1. The molecule has 1 atom stereocenters. The van der Waals surface area contributed by atoms with E-state index in [4.69, 9.17) is 10.5 Å². The van der Waals surface area contributed by atoms with Gasteiger partial charge in [-0.15, -0.1) is 0 Å². The summed E-state index contributed by atoms with van der Waals surface area (Å²) >= 11 is 0. The van der Waals surface area contributed by atoms with Gasteiger partial charge in [-0.3, -0.25) is 4.68 Å². The second-order valence-corrected chi connectivity index (χ2v) is 5.26. The molecule has 0 aliphatic carbocycles. The Balaban J connectivity index is 1.99. The van der Waals surface area contributed by atoms with E-state index in [1.165, 1.54) is 0 Å². The third-order valence-corrected chi connectivity index (χ3v) is 3.53. The molecule has 4 heteroatoms. The van der Waals surface area contributed by atoms with Crippen molar-refractivity contribution in [1.29, 1.82) is 0 Å². The quantitative estimate of drug-likeness (QED) is 0.799. The van der Waals surface area contributed by atoms with Crippen molar-refractivity contribution < 1.29 is 4.74 Å². The molecule has 2 aromatic carbocycles. The van der Waals surface area contributed by atoms with Crippen LogP contribution in [0.25, 0.3) is 10.8 Å². The van der Waals surface area contributed by atoms with Gasteiger partial charge in [0.1, 0.15) is 12.4 Å². The highest BCUT2D eigenvalue weighted by atomic mass is 16.5. The van der Waals surface area contributed by atoms with Crippen LogP contribution in [0.15, 0.2) is 48.7 Å². The summed E-state index contributed by atoms with van der Waals surface area (Å²) in [6.07, 6.45) is 1.91. The Kier molecular flexibility index (Phi) is 3.62. The molecule has 1 unspecified atom stereocenters. The fraction of sp³-hybridized carbons (Fsp3) is 0.235. The van der Waals surface area contributed by atoms with Crippen molar-refractivity contribution in [3.63, 3.8) is 0 Å². The van der Waals surface area contributed by atoms with E-state index < -0.39 is 0 Å². The van der Waals surface area contributed by atoms with Crippen molar-refractivity contribution >= 4 is 10.8 Å². The lowest BCUT2D eigenvalue weighted by Gasteiger charge is -2.16. The van der Waals surface area contributed by atoms with Crippen LogP contribution in [0.5, 0.6) is 5.75 Å². The van der Waals surface area contributed by atoms with E-state index in [2.05, 4.69) is 23.3 Å². The smallest absolute Gasteiger partial charge is 0.132 e. The Labute approximate surface area is 124 Å².